The number of hydrogen-bond acceptors (Lipinski definition) is 5. The molecule has 0 aromatic heterocycles. The predicted molar refractivity (Wildman–Crippen MR) is 130 cm³/mol. The third-order valence-electron chi connectivity index (χ3n) is 5.98. The number of benzene rings is 2. The Kier molecular flexibility index (Phi) is 9.10. The third kappa shape index (κ3) is 6.44. The highest BCUT2D eigenvalue weighted by atomic mass is 19.1. The first-order valence-corrected chi connectivity index (χ1v) is 11.6. The lowest BCUT2D eigenvalue weighted by atomic mass is 9.80. The summed E-state index contributed by atoms with van der Waals surface area (Å²) in [5.41, 5.74) is 0.449. The fourth-order valence-corrected chi connectivity index (χ4v) is 4.23. The standard InChI is InChI=1S/C27H29FN2O6/c1-2-36-27(26(33)34)12-11-20(14-24(27)21-9-6-10-23(28)15-21)16-29-25(32)22(17-30(35)18-31)13-19-7-4-3-5-8-19/h3-11,14-15,18,22,35H,2,12-13,16-17H2,1H3,(H,29,32)(H,33,34). The Labute approximate surface area is 208 Å². The van der Waals surface area contributed by atoms with Crippen molar-refractivity contribution in [2.75, 3.05) is 19.7 Å². The summed E-state index contributed by atoms with van der Waals surface area (Å²) in [6, 6.07) is 14.8. The molecule has 2 aromatic carbocycles. The van der Waals surface area contributed by atoms with Gasteiger partial charge in [-0.3, -0.25) is 14.8 Å². The van der Waals surface area contributed by atoms with E-state index in [9.17, 15) is 29.1 Å². The molecule has 2 atom stereocenters. The van der Waals surface area contributed by atoms with Crippen LogP contribution in [-0.4, -0.2) is 59.0 Å². The highest BCUT2D eigenvalue weighted by molar-refractivity contribution is 5.97. The van der Waals surface area contributed by atoms with Crippen LogP contribution in [0.1, 0.15) is 24.5 Å². The van der Waals surface area contributed by atoms with Gasteiger partial charge in [-0.15, -0.1) is 0 Å². The second-order valence-corrected chi connectivity index (χ2v) is 8.45. The number of carbonyl (C=O) groups excluding carboxylic acids is 2. The Hall–Kier alpha value is -3.82. The van der Waals surface area contributed by atoms with Gasteiger partial charge in [-0.1, -0.05) is 54.6 Å². The number of nitrogens with zero attached hydrogens (tertiary/aromatic N) is 1. The number of carboxylic acids is 1. The van der Waals surface area contributed by atoms with E-state index in [1.807, 2.05) is 30.3 Å². The second kappa shape index (κ2) is 12.2. The number of hydroxylamine groups is 2. The average Bonchev–Trinajstić information content (AvgIpc) is 2.88. The molecule has 1 aliphatic rings. The van der Waals surface area contributed by atoms with E-state index in [2.05, 4.69) is 5.32 Å². The van der Waals surface area contributed by atoms with Crippen molar-refractivity contribution in [3.63, 3.8) is 0 Å². The Bertz CT molecular complexity index is 1150. The zero-order chi connectivity index (χ0) is 26.1. The minimum absolute atomic E-state index is 0.00721. The van der Waals surface area contributed by atoms with E-state index in [0.29, 0.717) is 22.6 Å². The molecule has 36 heavy (non-hydrogen) atoms. The molecule has 0 bridgehead atoms. The zero-order valence-electron chi connectivity index (χ0n) is 19.9. The molecule has 0 spiro atoms. The van der Waals surface area contributed by atoms with Gasteiger partial charge in [0.15, 0.2) is 5.60 Å². The molecule has 2 amide bonds. The van der Waals surface area contributed by atoms with Gasteiger partial charge < -0.3 is 15.2 Å². The van der Waals surface area contributed by atoms with Crippen LogP contribution in [0.3, 0.4) is 0 Å². The van der Waals surface area contributed by atoms with Gasteiger partial charge in [0.2, 0.25) is 12.3 Å². The maximum Gasteiger partial charge on any atom is 0.341 e. The largest absolute Gasteiger partial charge is 0.479 e. The second-order valence-electron chi connectivity index (χ2n) is 8.45. The SMILES string of the molecule is CCOC1(C(=O)O)CC=C(CNC(=O)C(Cc2ccccc2)CN(O)C=O)C=C1c1cccc(F)c1. The summed E-state index contributed by atoms with van der Waals surface area (Å²) in [6.45, 7) is 1.69. The topological polar surface area (TPSA) is 116 Å². The number of aliphatic carboxylic acids is 1. The average molecular weight is 497 g/mol. The molecule has 0 radical (unpaired) electrons. The molecule has 0 fully saturated rings. The minimum Gasteiger partial charge on any atom is -0.479 e. The summed E-state index contributed by atoms with van der Waals surface area (Å²) in [5.74, 6) is -2.82. The van der Waals surface area contributed by atoms with Crippen LogP contribution >= 0.6 is 0 Å². The molecule has 0 heterocycles. The highest BCUT2D eigenvalue weighted by Gasteiger charge is 2.45. The van der Waals surface area contributed by atoms with E-state index in [4.69, 9.17) is 4.74 Å². The molecular formula is C27H29FN2O6. The van der Waals surface area contributed by atoms with Crippen LogP contribution in [0.2, 0.25) is 0 Å². The quantitative estimate of drug-likeness (QED) is 0.236. The molecule has 0 saturated carbocycles. The van der Waals surface area contributed by atoms with Gasteiger partial charge in [-0.25, -0.2) is 14.2 Å². The van der Waals surface area contributed by atoms with Gasteiger partial charge in [-0.05, 0) is 42.2 Å². The number of ether oxygens (including phenoxy) is 1. The van der Waals surface area contributed by atoms with Crippen molar-refractivity contribution in [2.45, 2.75) is 25.4 Å². The first-order chi connectivity index (χ1) is 17.3. The molecule has 2 aromatic rings. The van der Waals surface area contributed by atoms with Crippen molar-refractivity contribution in [1.82, 2.24) is 10.4 Å². The molecule has 3 N–H and O–H groups in total. The Morgan fingerprint density at radius 3 is 2.61 bits per heavy atom. The van der Waals surface area contributed by atoms with Crippen molar-refractivity contribution in [1.29, 1.82) is 0 Å². The summed E-state index contributed by atoms with van der Waals surface area (Å²) in [6.07, 6.45) is 3.80. The Balaban J connectivity index is 1.82. The first kappa shape index (κ1) is 26.8. The smallest absolute Gasteiger partial charge is 0.341 e. The maximum absolute atomic E-state index is 14.0. The normalized spacial score (nSPS) is 18.0. The lowest BCUT2D eigenvalue weighted by Gasteiger charge is -2.34. The number of rotatable bonds is 12. The Morgan fingerprint density at radius 1 is 1.22 bits per heavy atom. The predicted octanol–water partition coefficient (Wildman–Crippen LogP) is 3.22. The molecule has 190 valence electrons. The zero-order valence-corrected chi connectivity index (χ0v) is 19.9. The number of carboxylic acid groups (broad SMARTS) is 1. The van der Waals surface area contributed by atoms with E-state index in [1.165, 1.54) is 18.2 Å². The van der Waals surface area contributed by atoms with Crippen LogP contribution < -0.4 is 5.32 Å². The van der Waals surface area contributed by atoms with Gasteiger partial charge in [0.1, 0.15) is 5.82 Å². The lowest BCUT2D eigenvalue weighted by molar-refractivity contribution is -0.157. The van der Waals surface area contributed by atoms with Crippen molar-refractivity contribution in [2.24, 2.45) is 5.92 Å². The van der Waals surface area contributed by atoms with Gasteiger partial charge >= 0.3 is 5.97 Å². The van der Waals surface area contributed by atoms with Gasteiger partial charge in [0, 0.05) is 25.1 Å². The molecule has 3 rings (SSSR count). The highest BCUT2D eigenvalue weighted by Crippen LogP contribution is 2.39. The van der Waals surface area contributed by atoms with Crippen molar-refractivity contribution in [3.05, 3.63) is 89.3 Å². The maximum atomic E-state index is 14.0. The third-order valence-corrected chi connectivity index (χ3v) is 5.98. The van der Waals surface area contributed by atoms with E-state index >= 15 is 0 Å². The van der Waals surface area contributed by atoms with Crippen molar-refractivity contribution in [3.8, 4) is 0 Å². The van der Waals surface area contributed by atoms with Crippen LogP contribution in [0.15, 0.2) is 72.3 Å². The number of halogens is 1. The van der Waals surface area contributed by atoms with E-state index in [1.54, 1.807) is 25.1 Å². The van der Waals surface area contributed by atoms with Crippen LogP contribution in [0.4, 0.5) is 4.39 Å². The lowest BCUT2D eigenvalue weighted by Crippen LogP contribution is -2.44. The van der Waals surface area contributed by atoms with Gasteiger partial charge in [0.05, 0.1) is 12.5 Å². The first-order valence-electron chi connectivity index (χ1n) is 11.6. The molecule has 0 saturated heterocycles. The summed E-state index contributed by atoms with van der Waals surface area (Å²) >= 11 is 0. The molecule has 8 nitrogen and oxygen atoms in total. The van der Waals surface area contributed by atoms with Crippen LogP contribution in [-0.2, 0) is 25.5 Å². The summed E-state index contributed by atoms with van der Waals surface area (Å²) in [4.78, 5) is 36.2. The molecule has 0 aliphatic heterocycles. The Morgan fingerprint density at radius 2 is 1.97 bits per heavy atom. The van der Waals surface area contributed by atoms with Crippen molar-refractivity contribution >= 4 is 23.9 Å². The van der Waals surface area contributed by atoms with Crippen LogP contribution in [0.5, 0.6) is 0 Å². The minimum atomic E-state index is -1.69. The van der Waals surface area contributed by atoms with E-state index < -0.39 is 23.3 Å². The van der Waals surface area contributed by atoms with Crippen molar-refractivity contribution < 1.29 is 33.8 Å². The van der Waals surface area contributed by atoms with Crippen LogP contribution in [0.25, 0.3) is 5.57 Å². The van der Waals surface area contributed by atoms with Gasteiger partial charge in [-0.2, -0.15) is 0 Å². The number of carbonyl (C=O) groups is 3. The molecule has 9 heteroatoms. The van der Waals surface area contributed by atoms with Crippen LogP contribution in [0, 0.1) is 11.7 Å². The molecule has 1 aliphatic carbocycles. The summed E-state index contributed by atoms with van der Waals surface area (Å²) in [7, 11) is 0. The molecular weight excluding hydrogens is 467 g/mol. The van der Waals surface area contributed by atoms with E-state index in [0.717, 1.165) is 5.56 Å². The van der Waals surface area contributed by atoms with E-state index in [-0.39, 0.29) is 44.0 Å². The number of nitrogens with one attached hydrogen (secondary N) is 1. The number of amides is 2. The fourth-order valence-electron chi connectivity index (χ4n) is 4.23. The summed E-state index contributed by atoms with van der Waals surface area (Å²) < 4.78 is 19.7. The fraction of sp³-hybridized carbons (Fsp3) is 0.296. The monoisotopic (exact) mass is 496 g/mol. The molecule has 2 unspecified atom stereocenters. The summed E-state index contributed by atoms with van der Waals surface area (Å²) in [5, 5.41) is 22.9. The number of hydrogen-bond donors (Lipinski definition) is 3. The van der Waals surface area contributed by atoms with Gasteiger partial charge in [0.25, 0.3) is 0 Å².